The van der Waals surface area contributed by atoms with Crippen LogP contribution in [0.5, 0.6) is 0 Å². The van der Waals surface area contributed by atoms with E-state index in [1.165, 1.54) is 18.4 Å². The molecule has 0 bridgehead atoms. The molecular formula is C14H19N3O3S. The Bertz CT molecular complexity index is 603. The number of rotatable bonds is 2. The van der Waals surface area contributed by atoms with Gasteiger partial charge in [-0.2, -0.15) is 5.26 Å². The molecule has 2 heterocycles. The van der Waals surface area contributed by atoms with Gasteiger partial charge in [0.1, 0.15) is 21.5 Å². The van der Waals surface area contributed by atoms with Crippen molar-refractivity contribution < 1.29 is 14.3 Å². The van der Waals surface area contributed by atoms with Gasteiger partial charge in [0.25, 0.3) is 0 Å². The van der Waals surface area contributed by atoms with Gasteiger partial charge in [0, 0.05) is 13.1 Å². The number of hydrogen-bond acceptors (Lipinski definition) is 7. The van der Waals surface area contributed by atoms with Crippen LogP contribution in [0.3, 0.4) is 0 Å². The van der Waals surface area contributed by atoms with Crippen molar-refractivity contribution in [3.05, 3.63) is 10.4 Å². The van der Waals surface area contributed by atoms with Crippen LogP contribution >= 0.6 is 11.3 Å². The van der Waals surface area contributed by atoms with Crippen molar-refractivity contribution in [3.8, 4) is 6.07 Å². The monoisotopic (exact) mass is 309 g/mol. The molecule has 1 aliphatic rings. The minimum absolute atomic E-state index is 0.0326. The van der Waals surface area contributed by atoms with Gasteiger partial charge in [-0.25, -0.2) is 4.79 Å². The lowest BCUT2D eigenvalue weighted by molar-refractivity contribution is -0.0748. The molecule has 1 fully saturated rings. The molecule has 0 amide bonds. The Kier molecular flexibility index (Phi) is 4.12. The summed E-state index contributed by atoms with van der Waals surface area (Å²) >= 11 is 1.20. The molecule has 0 spiro atoms. The van der Waals surface area contributed by atoms with Crippen LogP contribution in [0.2, 0.25) is 0 Å². The van der Waals surface area contributed by atoms with E-state index in [1.54, 1.807) is 0 Å². The Balaban J connectivity index is 2.44. The highest BCUT2D eigenvalue weighted by Gasteiger charge is 2.34. The summed E-state index contributed by atoms with van der Waals surface area (Å²) in [6, 6.07) is 2.10. The summed E-state index contributed by atoms with van der Waals surface area (Å²) in [6.45, 7) is 7.27. The number of methoxy groups -OCH3 is 1. The maximum absolute atomic E-state index is 11.7. The van der Waals surface area contributed by atoms with E-state index in [2.05, 4.69) is 11.0 Å². The van der Waals surface area contributed by atoms with Gasteiger partial charge in [0.05, 0.1) is 24.5 Å². The Labute approximate surface area is 128 Å². The lowest BCUT2D eigenvalue weighted by Gasteiger charge is -2.42. The number of esters is 1. The number of nitriles is 1. The molecule has 7 heteroatoms. The SMILES string of the molecule is COC(=O)c1sc(N2CC(C)OC(C)(C)C2)c(C#N)c1N. The Morgan fingerprint density at radius 3 is 2.81 bits per heavy atom. The number of nitrogens with two attached hydrogens (primary N) is 1. The maximum Gasteiger partial charge on any atom is 0.350 e. The van der Waals surface area contributed by atoms with E-state index >= 15 is 0 Å². The van der Waals surface area contributed by atoms with Gasteiger partial charge < -0.3 is 20.1 Å². The van der Waals surface area contributed by atoms with Crippen LogP contribution in [0.1, 0.15) is 36.0 Å². The van der Waals surface area contributed by atoms with Crippen molar-refractivity contribution in [3.63, 3.8) is 0 Å². The summed E-state index contributed by atoms with van der Waals surface area (Å²) < 4.78 is 10.6. The van der Waals surface area contributed by atoms with Crippen LogP contribution in [0.25, 0.3) is 0 Å². The number of ether oxygens (including phenoxy) is 2. The lowest BCUT2D eigenvalue weighted by Crippen LogP contribution is -2.52. The van der Waals surface area contributed by atoms with Crippen molar-refractivity contribution in [2.24, 2.45) is 0 Å². The molecule has 0 saturated carbocycles. The first-order valence-electron chi connectivity index (χ1n) is 6.62. The predicted octanol–water partition coefficient (Wildman–Crippen LogP) is 1.99. The molecule has 1 aliphatic heterocycles. The quantitative estimate of drug-likeness (QED) is 0.840. The predicted molar refractivity (Wildman–Crippen MR) is 81.6 cm³/mol. The molecule has 21 heavy (non-hydrogen) atoms. The third kappa shape index (κ3) is 2.96. The number of morpholine rings is 1. The molecule has 1 saturated heterocycles. The van der Waals surface area contributed by atoms with Gasteiger partial charge in [-0.1, -0.05) is 0 Å². The number of anilines is 2. The second-order valence-corrected chi connectivity index (χ2v) is 6.70. The molecule has 6 nitrogen and oxygen atoms in total. The molecule has 0 aromatic carbocycles. The van der Waals surface area contributed by atoms with Crippen molar-refractivity contribution in [2.75, 3.05) is 30.8 Å². The van der Waals surface area contributed by atoms with Crippen molar-refractivity contribution in [1.29, 1.82) is 5.26 Å². The zero-order valence-corrected chi connectivity index (χ0v) is 13.4. The maximum atomic E-state index is 11.7. The highest BCUT2D eigenvalue weighted by Crippen LogP contribution is 2.40. The van der Waals surface area contributed by atoms with Gasteiger partial charge in [-0.05, 0) is 20.8 Å². The Morgan fingerprint density at radius 2 is 2.29 bits per heavy atom. The number of carbonyl (C=O) groups excluding carboxylic acids is 1. The first-order valence-corrected chi connectivity index (χ1v) is 7.44. The summed E-state index contributed by atoms with van der Waals surface area (Å²) in [4.78, 5) is 14.1. The van der Waals surface area contributed by atoms with Crippen LogP contribution in [0.4, 0.5) is 10.7 Å². The van der Waals surface area contributed by atoms with Crippen LogP contribution < -0.4 is 10.6 Å². The zero-order valence-electron chi connectivity index (χ0n) is 12.6. The fourth-order valence-electron chi connectivity index (χ4n) is 2.61. The molecule has 1 atom stereocenters. The van der Waals surface area contributed by atoms with Crippen molar-refractivity contribution >= 4 is 28.0 Å². The average molecular weight is 309 g/mol. The normalized spacial score (nSPS) is 20.9. The lowest BCUT2D eigenvalue weighted by atomic mass is 10.1. The summed E-state index contributed by atoms with van der Waals surface area (Å²) in [6.07, 6.45) is 0.0326. The van der Waals surface area contributed by atoms with Crippen LogP contribution in [-0.4, -0.2) is 37.9 Å². The molecule has 2 N–H and O–H groups in total. The molecule has 1 aromatic rings. The zero-order chi connectivity index (χ0) is 15.8. The number of carbonyl (C=O) groups is 1. The topological polar surface area (TPSA) is 88.6 Å². The third-order valence-corrected chi connectivity index (χ3v) is 4.51. The molecule has 1 aromatic heterocycles. The minimum Gasteiger partial charge on any atom is -0.465 e. The molecule has 114 valence electrons. The molecule has 2 rings (SSSR count). The van der Waals surface area contributed by atoms with Gasteiger partial charge >= 0.3 is 5.97 Å². The smallest absolute Gasteiger partial charge is 0.350 e. The number of hydrogen-bond donors (Lipinski definition) is 1. The average Bonchev–Trinajstić information content (AvgIpc) is 2.72. The fourth-order valence-corrected chi connectivity index (χ4v) is 3.71. The van der Waals surface area contributed by atoms with E-state index in [0.717, 1.165) is 0 Å². The van der Waals surface area contributed by atoms with Gasteiger partial charge in [0.2, 0.25) is 0 Å². The summed E-state index contributed by atoms with van der Waals surface area (Å²) in [5.74, 6) is -0.513. The van der Waals surface area contributed by atoms with Gasteiger partial charge in [-0.15, -0.1) is 11.3 Å². The van der Waals surface area contributed by atoms with Gasteiger partial charge in [0.15, 0.2) is 0 Å². The van der Waals surface area contributed by atoms with E-state index in [4.69, 9.17) is 15.2 Å². The van der Waals surface area contributed by atoms with Crippen LogP contribution in [-0.2, 0) is 9.47 Å². The summed E-state index contributed by atoms with van der Waals surface area (Å²) in [5.41, 5.74) is 6.14. The molecule has 0 aliphatic carbocycles. The van der Waals surface area contributed by atoms with E-state index in [1.807, 2.05) is 20.8 Å². The van der Waals surface area contributed by atoms with E-state index in [-0.39, 0.29) is 22.3 Å². The van der Waals surface area contributed by atoms with Crippen LogP contribution in [0, 0.1) is 11.3 Å². The molecular weight excluding hydrogens is 290 g/mol. The standard InChI is InChI=1S/C14H19N3O3S/c1-8-6-17(7-14(2,3)20-8)12-9(5-15)10(16)11(21-12)13(18)19-4/h8H,6-7,16H2,1-4H3. The number of thiophene rings is 1. The molecule has 0 radical (unpaired) electrons. The summed E-state index contributed by atoms with van der Waals surface area (Å²) in [5, 5.41) is 10.1. The van der Waals surface area contributed by atoms with Gasteiger partial charge in [-0.3, -0.25) is 0 Å². The first-order chi connectivity index (χ1) is 9.79. The van der Waals surface area contributed by atoms with Crippen molar-refractivity contribution in [1.82, 2.24) is 0 Å². The minimum atomic E-state index is -0.513. The van der Waals surface area contributed by atoms with E-state index in [9.17, 15) is 10.1 Å². The fraction of sp³-hybridized carbons (Fsp3) is 0.571. The Hall–Kier alpha value is -1.78. The van der Waals surface area contributed by atoms with Crippen molar-refractivity contribution in [2.45, 2.75) is 32.5 Å². The van der Waals surface area contributed by atoms with E-state index in [0.29, 0.717) is 23.7 Å². The van der Waals surface area contributed by atoms with Crippen LogP contribution in [0.15, 0.2) is 0 Å². The second-order valence-electron chi connectivity index (χ2n) is 5.70. The Morgan fingerprint density at radius 1 is 1.62 bits per heavy atom. The first kappa shape index (κ1) is 15.6. The third-order valence-electron chi connectivity index (χ3n) is 3.27. The number of nitrogens with zero attached hydrogens (tertiary/aromatic N) is 2. The van der Waals surface area contributed by atoms with E-state index < -0.39 is 5.97 Å². The number of nitrogen functional groups attached to an aromatic ring is 1. The highest BCUT2D eigenvalue weighted by atomic mass is 32.1. The highest BCUT2D eigenvalue weighted by molar-refractivity contribution is 7.18. The largest absolute Gasteiger partial charge is 0.465 e. The summed E-state index contributed by atoms with van der Waals surface area (Å²) in [7, 11) is 1.30. The molecule has 1 unspecified atom stereocenters. The second kappa shape index (κ2) is 5.54.